The van der Waals surface area contributed by atoms with Crippen LogP contribution in [-0.4, -0.2) is 46.1 Å². The topological polar surface area (TPSA) is 78.6 Å². The highest BCUT2D eigenvalue weighted by molar-refractivity contribution is 6.38. The molecule has 0 amide bonds. The number of aromatic nitrogens is 1. The Labute approximate surface area is 155 Å². The van der Waals surface area contributed by atoms with Crippen molar-refractivity contribution < 1.29 is 14.3 Å². The van der Waals surface area contributed by atoms with Crippen molar-refractivity contribution in [3.8, 4) is 0 Å². The first-order chi connectivity index (χ1) is 12.0. The number of anilines is 1. The first kappa shape index (κ1) is 16.9. The monoisotopic (exact) mass is 383 g/mol. The first-order valence-electron chi connectivity index (χ1n) is 8.46. The smallest absolute Gasteiger partial charge is 0.317 e. The molecule has 6 nitrogen and oxygen atoms in total. The van der Waals surface area contributed by atoms with Crippen molar-refractivity contribution in [2.45, 2.75) is 37.8 Å². The second kappa shape index (κ2) is 6.67. The van der Waals surface area contributed by atoms with E-state index in [2.05, 4.69) is 15.2 Å². The van der Waals surface area contributed by atoms with Gasteiger partial charge in [0.15, 0.2) is 5.58 Å². The van der Waals surface area contributed by atoms with Gasteiger partial charge >= 0.3 is 5.97 Å². The molecule has 2 saturated carbocycles. The molecular formula is C17H19Cl2N3O3. The van der Waals surface area contributed by atoms with Crippen LogP contribution in [0.1, 0.15) is 25.7 Å². The van der Waals surface area contributed by atoms with Crippen LogP contribution < -0.4 is 5.32 Å². The number of carboxylic acid groups (broad SMARTS) is 1. The number of carbonyl (C=O) groups is 1. The van der Waals surface area contributed by atoms with Gasteiger partial charge < -0.3 is 14.8 Å². The number of fused-ring (bicyclic) bond motifs is 1. The lowest BCUT2D eigenvalue weighted by Crippen LogP contribution is -2.52. The van der Waals surface area contributed by atoms with Crippen molar-refractivity contribution in [1.29, 1.82) is 0 Å². The lowest BCUT2D eigenvalue weighted by molar-refractivity contribution is -0.139. The van der Waals surface area contributed by atoms with Crippen molar-refractivity contribution in [3.63, 3.8) is 0 Å². The molecule has 0 atom stereocenters. The Morgan fingerprint density at radius 2 is 2.12 bits per heavy atom. The summed E-state index contributed by atoms with van der Waals surface area (Å²) in [4.78, 5) is 17.6. The molecule has 0 unspecified atom stereocenters. The van der Waals surface area contributed by atoms with Gasteiger partial charge in [-0.2, -0.15) is 4.98 Å². The van der Waals surface area contributed by atoms with E-state index in [0.29, 0.717) is 39.1 Å². The van der Waals surface area contributed by atoms with Gasteiger partial charge in [-0.3, -0.25) is 9.69 Å². The Kier molecular flexibility index (Phi) is 4.52. The molecule has 1 aromatic carbocycles. The maximum absolute atomic E-state index is 11.1. The van der Waals surface area contributed by atoms with E-state index in [1.807, 2.05) is 0 Å². The number of carboxylic acids is 1. The molecule has 0 aliphatic heterocycles. The number of oxazole rings is 1. The average molecular weight is 384 g/mol. The standard InChI is InChI=1S/C17H19Cl2N3O3/c18-10-3-13(19)16-14(4-10)21-17(25-16)20-11-5-12(6-11)22(8-15(23)24)7-9-1-2-9/h3-4,9,11-12H,1-2,5-8H2,(H,20,21)(H,23,24). The van der Waals surface area contributed by atoms with E-state index in [9.17, 15) is 4.79 Å². The third-order valence-electron chi connectivity index (χ3n) is 4.89. The van der Waals surface area contributed by atoms with Gasteiger partial charge in [0.25, 0.3) is 6.01 Å². The highest BCUT2D eigenvalue weighted by atomic mass is 35.5. The maximum Gasteiger partial charge on any atom is 0.317 e. The second-order valence-corrected chi connectivity index (χ2v) is 7.83. The summed E-state index contributed by atoms with van der Waals surface area (Å²) in [6.45, 7) is 1.01. The van der Waals surface area contributed by atoms with E-state index >= 15 is 0 Å². The molecule has 2 N–H and O–H groups in total. The van der Waals surface area contributed by atoms with Gasteiger partial charge in [-0.15, -0.1) is 0 Å². The quantitative estimate of drug-likeness (QED) is 0.755. The molecule has 4 rings (SSSR count). The van der Waals surface area contributed by atoms with Crippen LogP contribution in [0, 0.1) is 5.92 Å². The van der Waals surface area contributed by atoms with E-state index < -0.39 is 5.97 Å². The number of nitrogens with zero attached hydrogens (tertiary/aromatic N) is 2. The minimum atomic E-state index is -0.762. The largest absolute Gasteiger partial charge is 0.480 e. The molecule has 134 valence electrons. The van der Waals surface area contributed by atoms with Crippen LogP contribution in [0.25, 0.3) is 11.1 Å². The fraction of sp³-hybridized carbons (Fsp3) is 0.529. The molecule has 1 heterocycles. The Hall–Kier alpha value is -1.50. The van der Waals surface area contributed by atoms with E-state index in [0.717, 1.165) is 19.4 Å². The summed E-state index contributed by atoms with van der Waals surface area (Å²) in [5, 5.41) is 13.3. The lowest BCUT2D eigenvalue weighted by atomic mass is 9.85. The summed E-state index contributed by atoms with van der Waals surface area (Å²) in [7, 11) is 0. The van der Waals surface area contributed by atoms with Crippen molar-refractivity contribution in [3.05, 3.63) is 22.2 Å². The SMILES string of the molecule is O=C(O)CN(CC1CC1)C1CC(Nc2nc3cc(Cl)cc(Cl)c3o2)C1. The molecule has 2 aromatic rings. The van der Waals surface area contributed by atoms with Crippen LogP contribution in [0.15, 0.2) is 16.5 Å². The number of nitrogens with one attached hydrogen (secondary N) is 1. The number of rotatable bonds is 7. The number of hydrogen-bond donors (Lipinski definition) is 2. The molecule has 2 aliphatic carbocycles. The fourth-order valence-corrected chi connectivity index (χ4v) is 3.87. The van der Waals surface area contributed by atoms with Crippen LogP contribution in [-0.2, 0) is 4.79 Å². The van der Waals surface area contributed by atoms with Gasteiger partial charge in [-0.05, 0) is 43.7 Å². The summed E-state index contributed by atoms with van der Waals surface area (Å²) in [5.41, 5.74) is 1.14. The van der Waals surface area contributed by atoms with Crippen molar-refractivity contribution in [1.82, 2.24) is 9.88 Å². The first-order valence-corrected chi connectivity index (χ1v) is 9.21. The Morgan fingerprint density at radius 3 is 2.80 bits per heavy atom. The molecule has 0 spiro atoms. The van der Waals surface area contributed by atoms with Crippen LogP contribution in [0.3, 0.4) is 0 Å². The zero-order valence-corrected chi connectivity index (χ0v) is 15.1. The zero-order chi connectivity index (χ0) is 17.6. The van der Waals surface area contributed by atoms with Gasteiger partial charge in [-0.1, -0.05) is 23.2 Å². The Morgan fingerprint density at radius 1 is 1.36 bits per heavy atom. The second-order valence-electron chi connectivity index (χ2n) is 6.99. The van der Waals surface area contributed by atoms with Crippen LogP contribution >= 0.6 is 23.2 Å². The summed E-state index contributed by atoms with van der Waals surface area (Å²) in [6.07, 6.45) is 4.20. The molecule has 8 heteroatoms. The molecule has 2 fully saturated rings. The highest BCUT2D eigenvalue weighted by Gasteiger charge is 2.37. The van der Waals surface area contributed by atoms with Gasteiger partial charge in [0.1, 0.15) is 5.52 Å². The number of hydrogen-bond acceptors (Lipinski definition) is 5. The van der Waals surface area contributed by atoms with Gasteiger partial charge in [-0.25, -0.2) is 0 Å². The normalized spacial score (nSPS) is 23.0. The summed E-state index contributed by atoms with van der Waals surface area (Å²) in [6, 6.07) is 4.29. The Balaban J connectivity index is 1.37. The zero-order valence-electron chi connectivity index (χ0n) is 13.5. The molecule has 2 aliphatic rings. The maximum atomic E-state index is 11.1. The van der Waals surface area contributed by atoms with Gasteiger partial charge in [0, 0.05) is 23.7 Å². The summed E-state index contributed by atoms with van der Waals surface area (Å²) >= 11 is 12.1. The lowest BCUT2D eigenvalue weighted by Gasteiger charge is -2.42. The van der Waals surface area contributed by atoms with E-state index in [1.54, 1.807) is 12.1 Å². The molecular weight excluding hydrogens is 365 g/mol. The van der Waals surface area contributed by atoms with E-state index in [4.69, 9.17) is 32.7 Å². The molecule has 1 aromatic heterocycles. The van der Waals surface area contributed by atoms with E-state index in [1.165, 1.54) is 12.8 Å². The van der Waals surface area contributed by atoms with Gasteiger partial charge in [0.2, 0.25) is 0 Å². The highest BCUT2D eigenvalue weighted by Crippen LogP contribution is 2.35. The minimum absolute atomic E-state index is 0.116. The average Bonchev–Trinajstić information content (AvgIpc) is 3.19. The summed E-state index contributed by atoms with van der Waals surface area (Å²) < 4.78 is 5.67. The third-order valence-corrected chi connectivity index (χ3v) is 5.39. The summed E-state index contributed by atoms with van der Waals surface area (Å²) in [5.74, 6) is -0.0854. The molecule has 25 heavy (non-hydrogen) atoms. The van der Waals surface area contributed by atoms with Crippen molar-refractivity contribution >= 4 is 46.3 Å². The van der Waals surface area contributed by atoms with Crippen molar-refractivity contribution in [2.75, 3.05) is 18.4 Å². The molecule has 0 saturated heterocycles. The third kappa shape index (κ3) is 3.86. The van der Waals surface area contributed by atoms with Crippen LogP contribution in [0.5, 0.6) is 0 Å². The molecule has 0 bridgehead atoms. The fourth-order valence-electron chi connectivity index (χ4n) is 3.35. The van der Waals surface area contributed by atoms with E-state index in [-0.39, 0.29) is 12.6 Å². The predicted octanol–water partition coefficient (Wildman–Crippen LogP) is 3.87. The van der Waals surface area contributed by atoms with Crippen LogP contribution in [0.4, 0.5) is 6.01 Å². The number of halogens is 2. The number of benzene rings is 1. The number of aliphatic carboxylic acids is 1. The molecule has 0 radical (unpaired) electrons. The van der Waals surface area contributed by atoms with Crippen LogP contribution in [0.2, 0.25) is 10.0 Å². The van der Waals surface area contributed by atoms with Crippen molar-refractivity contribution in [2.24, 2.45) is 5.92 Å². The van der Waals surface area contributed by atoms with Gasteiger partial charge in [0.05, 0.1) is 11.6 Å². The predicted molar refractivity (Wildman–Crippen MR) is 96.4 cm³/mol. The Bertz CT molecular complexity index is 800. The minimum Gasteiger partial charge on any atom is -0.480 e.